The molecule has 0 atom stereocenters. The lowest BCUT2D eigenvalue weighted by atomic mass is 10.0. The van der Waals surface area contributed by atoms with Crippen molar-refractivity contribution in [2.75, 3.05) is 25.5 Å². The Hall–Kier alpha value is -2.37. The van der Waals surface area contributed by atoms with E-state index < -0.39 is 0 Å². The third kappa shape index (κ3) is 5.31. The van der Waals surface area contributed by atoms with E-state index in [1.807, 2.05) is 30.3 Å². The van der Waals surface area contributed by atoms with Crippen LogP contribution in [0.4, 0.5) is 10.5 Å². The van der Waals surface area contributed by atoms with Gasteiger partial charge in [-0.05, 0) is 24.5 Å². The Morgan fingerprint density at radius 3 is 2.50 bits per heavy atom. The van der Waals surface area contributed by atoms with Crippen molar-refractivity contribution in [3.05, 3.63) is 65.7 Å². The van der Waals surface area contributed by atoms with Crippen LogP contribution in [0.3, 0.4) is 0 Å². The largest absolute Gasteiger partial charge is 0.380 e. The quantitative estimate of drug-likeness (QED) is 0.834. The van der Waals surface area contributed by atoms with E-state index >= 15 is 0 Å². The second-order valence-electron chi connectivity index (χ2n) is 6.72. The van der Waals surface area contributed by atoms with Gasteiger partial charge in [0.25, 0.3) is 0 Å². The Balaban J connectivity index is 1.45. The van der Waals surface area contributed by atoms with Crippen molar-refractivity contribution in [1.82, 2.24) is 10.2 Å². The molecule has 2 aromatic carbocycles. The summed E-state index contributed by atoms with van der Waals surface area (Å²) in [6.45, 7) is 3.46. The number of urea groups is 1. The highest BCUT2D eigenvalue weighted by Gasteiger charge is 2.21. The number of hydrogen-bond acceptors (Lipinski definition) is 3. The molecule has 3 rings (SSSR count). The van der Waals surface area contributed by atoms with E-state index in [9.17, 15) is 4.79 Å². The van der Waals surface area contributed by atoms with Crippen LogP contribution in [-0.2, 0) is 17.9 Å². The highest BCUT2D eigenvalue weighted by molar-refractivity contribution is 5.90. The molecule has 138 valence electrons. The SMILES string of the molecule is COCc1ccccc1NC(=O)NC1CCN(Cc2ccccc2)CC1. The Kier molecular flexibility index (Phi) is 6.63. The number of amides is 2. The van der Waals surface area contributed by atoms with Gasteiger partial charge in [0.15, 0.2) is 0 Å². The summed E-state index contributed by atoms with van der Waals surface area (Å²) >= 11 is 0. The Labute approximate surface area is 155 Å². The summed E-state index contributed by atoms with van der Waals surface area (Å²) in [5.41, 5.74) is 3.11. The molecule has 5 nitrogen and oxygen atoms in total. The number of piperidine rings is 1. The highest BCUT2D eigenvalue weighted by Crippen LogP contribution is 2.17. The molecular weight excluding hydrogens is 326 g/mol. The van der Waals surface area contributed by atoms with Gasteiger partial charge in [-0.25, -0.2) is 4.79 Å². The van der Waals surface area contributed by atoms with E-state index in [4.69, 9.17) is 4.74 Å². The second kappa shape index (κ2) is 9.36. The molecule has 0 unspecified atom stereocenters. The average molecular weight is 353 g/mol. The van der Waals surface area contributed by atoms with Gasteiger partial charge in [0.2, 0.25) is 0 Å². The zero-order chi connectivity index (χ0) is 18.2. The van der Waals surface area contributed by atoms with Crippen LogP contribution < -0.4 is 10.6 Å². The summed E-state index contributed by atoms with van der Waals surface area (Å²) in [6, 6.07) is 18.3. The van der Waals surface area contributed by atoms with E-state index in [2.05, 4.69) is 39.8 Å². The molecule has 2 aromatic rings. The third-order valence-corrected chi connectivity index (χ3v) is 4.74. The van der Waals surface area contributed by atoms with Crippen LogP contribution in [0.15, 0.2) is 54.6 Å². The topological polar surface area (TPSA) is 53.6 Å². The minimum absolute atomic E-state index is 0.143. The molecule has 5 heteroatoms. The van der Waals surface area contributed by atoms with Gasteiger partial charge in [-0.1, -0.05) is 48.5 Å². The van der Waals surface area contributed by atoms with Crippen molar-refractivity contribution in [1.29, 1.82) is 0 Å². The van der Waals surface area contributed by atoms with Gasteiger partial charge in [-0.2, -0.15) is 0 Å². The molecule has 0 bridgehead atoms. The van der Waals surface area contributed by atoms with Crippen LogP contribution in [0.2, 0.25) is 0 Å². The summed E-state index contributed by atoms with van der Waals surface area (Å²) in [5.74, 6) is 0. The first-order valence-corrected chi connectivity index (χ1v) is 9.15. The van der Waals surface area contributed by atoms with Crippen molar-refractivity contribution < 1.29 is 9.53 Å². The van der Waals surface area contributed by atoms with Crippen LogP contribution in [0.25, 0.3) is 0 Å². The van der Waals surface area contributed by atoms with Gasteiger partial charge < -0.3 is 15.4 Å². The lowest BCUT2D eigenvalue weighted by Crippen LogP contribution is -2.45. The summed E-state index contributed by atoms with van der Waals surface area (Å²) in [4.78, 5) is 14.8. The molecule has 1 heterocycles. The number of rotatable bonds is 6. The number of ether oxygens (including phenoxy) is 1. The van der Waals surface area contributed by atoms with Crippen LogP contribution in [-0.4, -0.2) is 37.2 Å². The molecule has 1 aliphatic rings. The van der Waals surface area contributed by atoms with Crippen LogP contribution in [0.1, 0.15) is 24.0 Å². The number of likely N-dealkylation sites (tertiary alicyclic amines) is 1. The minimum Gasteiger partial charge on any atom is -0.380 e. The lowest BCUT2D eigenvalue weighted by Gasteiger charge is -2.32. The minimum atomic E-state index is -0.143. The Morgan fingerprint density at radius 2 is 1.77 bits per heavy atom. The predicted molar refractivity (Wildman–Crippen MR) is 104 cm³/mol. The molecule has 0 aromatic heterocycles. The summed E-state index contributed by atoms with van der Waals surface area (Å²) in [7, 11) is 1.65. The van der Waals surface area contributed by atoms with Crippen molar-refractivity contribution >= 4 is 11.7 Å². The van der Waals surface area contributed by atoms with E-state index in [-0.39, 0.29) is 12.1 Å². The molecule has 0 spiro atoms. The number of nitrogens with zero attached hydrogens (tertiary/aromatic N) is 1. The molecule has 1 fully saturated rings. The third-order valence-electron chi connectivity index (χ3n) is 4.74. The molecule has 2 amide bonds. The van der Waals surface area contributed by atoms with Gasteiger partial charge in [-0.15, -0.1) is 0 Å². The maximum atomic E-state index is 12.3. The maximum Gasteiger partial charge on any atom is 0.319 e. The number of anilines is 1. The van der Waals surface area contributed by atoms with E-state index in [0.717, 1.165) is 43.7 Å². The predicted octanol–water partition coefficient (Wildman–Crippen LogP) is 3.62. The van der Waals surface area contributed by atoms with Gasteiger partial charge in [0, 0.05) is 44.0 Å². The van der Waals surface area contributed by atoms with Crippen molar-refractivity contribution in [3.63, 3.8) is 0 Å². The van der Waals surface area contributed by atoms with Crippen molar-refractivity contribution in [2.24, 2.45) is 0 Å². The van der Waals surface area contributed by atoms with E-state index in [0.29, 0.717) is 6.61 Å². The first-order chi connectivity index (χ1) is 12.7. The van der Waals surface area contributed by atoms with Crippen LogP contribution in [0.5, 0.6) is 0 Å². The fraction of sp³-hybridized carbons (Fsp3) is 0.381. The number of carbonyl (C=O) groups is 1. The zero-order valence-electron chi connectivity index (χ0n) is 15.3. The fourth-order valence-corrected chi connectivity index (χ4v) is 3.34. The molecule has 1 aliphatic heterocycles. The highest BCUT2D eigenvalue weighted by atomic mass is 16.5. The van der Waals surface area contributed by atoms with Crippen LogP contribution >= 0.6 is 0 Å². The fourth-order valence-electron chi connectivity index (χ4n) is 3.34. The second-order valence-corrected chi connectivity index (χ2v) is 6.72. The smallest absolute Gasteiger partial charge is 0.319 e. The van der Waals surface area contributed by atoms with E-state index in [1.54, 1.807) is 7.11 Å². The van der Waals surface area contributed by atoms with Crippen molar-refractivity contribution in [3.8, 4) is 0 Å². The molecular formula is C21H27N3O2. The zero-order valence-corrected chi connectivity index (χ0v) is 15.3. The molecule has 2 N–H and O–H groups in total. The van der Waals surface area contributed by atoms with Gasteiger partial charge in [0.1, 0.15) is 0 Å². The van der Waals surface area contributed by atoms with E-state index in [1.165, 1.54) is 5.56 Å². The summed E-state index contributed by atoms with van der Waals surface area (Å²) in [5, 5.41) is 6.05. The average Bonchev–Trinajstić information content (AvgIpc) is 2.66. The molecule has 1 saturated heterocycles. The Bertz CT molecular complexity index is 697. The number of nitrogens with one attached hydrogen (secondary N) is 2. The lowest BCUT2D eigenvalue weighted by molar-refractivity contribution is 0.185. The number of benzene rings is 2. The first kappa shape index (κ1) is 18.4. The normalized spacial score (nSPS) is 15.6. The van der Waals surface area contributed by atoms with Gasteiger partial charge in [0.05, 0.1) is 6.61 Å². The monoisotopic (exact) mass is 353 g/mol. The standard InChI is InChI=1S/C21H27N3O2/c1-26-16-18-9-5-6-10-20(18)23-21(25)22-19-11-13-24(14-12-19)15-17-7-3-2-4-8-17/h2-10,19H,11-16H2,1H3,(H2,22,23,25). The number of methoxy groups -OCH3 is 1. The van der Waals surface area contributed by atoms with Gasteiger partial charge in [-0.3, -0.25) is 4.90 Å². The molecule has 26 heavy (non-hydrogen) atoms. The molecule has 0 radical (unpaired) electrons. The first-order valence-electron chi connectivity index (χ1n) is 9.15. The number of para-hydroxylation sites is 1. The number of carbonyl (C=O) groups excluding carboxylic acids is 1. The Morgan fingerprint density at radius 1 is 1.08 bits per heavy atom. The van der Waals surface area contributed by atoms with Crippen LogP contribution in [0, 0.1) is 0 Å². The summed E-state index contributed by atoms with van der Waals surface area (Å²) in [6.07, 6.45) is 1.94. The number of hydrogen-bond donors (Lipinski definition) is 2. The summed E-state index contributed by atoms with van der Waals surface area (Å²) < 4.78 is 5.18. The molecule has 0 aliphatic carbocycles. The molecule has 0 saturated carbocycles. The maximum absolute atomic E-state index is 12.3. The van der Waals surface area contributed by atoms with Crippen molar-refractivity contribution in [2.45, 2.75) is 32.0 Å². The van der Waals surface area contributed by atoms with Gasteiger partial charge >= 0.3 is 6.03 Å².